The molecule has 1 heterocycles. The molecule has 1 unspecified atom stereocenters. The molecule has 0 bridgehead atoms. The van der Waals surface area contributed by atoms with Gasteiger partial charge >= 0.3 is 5.95 Å². The number of hydrogen-bond donors (Lipinski definition) is 3. The van der Waals surface area contributed by atoms with Crippen LogP contribution in [0.25, 0.3) is 5.70 Å². The normalized spacial score (nSPS) is 13.2. The van der Waals surface area contributed by atoms with Gasteiger partial charge in [-0.15, -0.1) is 0 Å². The van der Waals surface area contributed by atoms with Gasteiger partial charge in [0, 0.05) is 24.1 Å². The van der Waals surface area contributed by atoms with Gasteiger partial charge in [0.25, 0.3) is 10.1 Å². The van der Waals surface area contributed by atoms with E-state index >= 15 is 0 Å². The molecule has 0 fully saturated rings. The molecule has 1 atom stereocenters. The fraction of sp³-hybridized carbons (Fsp3) is 0.312. The van der Waals surface area contributed by atoms with Crippen molar-refractivity contribution >= 4 is 33.9 Å². The molecule has 30 heavy (non-hydrogen) atoms. The number of benzene rings is 1. The molecule has 0 saturated heterocycles. The monoisotopic (exact) mass is 460 g/mol. The van der Waals surface area contributed by atoms with Crippen LogP contribution >= 0.6 is 12.1 Å². The lowest BCUT2D eigenvalue weighted by atomic mass is 10.0. The van der Waals surface area contributed by atoms with Crippen molar-refractivity contribution in [2.24, 2.45) is 11.6 Å². The van der Waals surface area contributed by atoms with E-state index in [2.05, 4.69) is 4.98 Å². The highest BCUT2D eigenvalue weighted by Crippen LogP contribution is 2.18. The van der Waals surface area contributed by atoms with Crippen molar-refractivity contribution in [2.45, 2.75) is 24.8 Å². The van der Waals surface area contributed by atoms with Gasteiger partial charge in [0.15, 0.2) is 6.67 Å². The van der Waals surface area contributed by atoms with Crippen molar-refractivity contribution in [3.05, 3.63) is 64.1 Å². The SMILES string of the molecule is N/C(=C\N(N)Cn1ccnc1[N+](=O)[O-])c1ccc(CC(CCSF)S(=O)(=O)O)cc1. The first-order chi connectivity index (χ1) is 14.1. The van der Waals surface area contributed by atoms with Gasteiger partial charge in [-0.3, -0.25) is 9.56 Å². The summed E-state index contributed by atoms with van der Waals surface area (Å²) in [4.78, 5) is 13.9. The molecule has 164 valence electrons. The lowest BCUT2D eigenvalue weighted by molar-refractivity contribution is -0.397. The Kier molecular flexibility index (Phi) is 8.16. The van der Waals surface area contributed by atoms with Crippen molar-refractivity contribution in [3.63, 3.8) is 0 Å². The van der Waals surface area contributed by atoms with Gasteiger partial charge in [-0.1, -0.05) is 29.2 Å². The van der Waals surface area contributed by atoms with Gasteiger partial charge in [-0.25, -0.2) is 10.4 Å². The maximum atomic E-state index is 12.3. The molecule has 1 aromatic carbocycles. The third kappa shape index (κ3) is 6.69. The third-order valence-electron chi connectivity index (χ3n) is 4.17. The minimum atomic E-state index is -4.31. The fourth-order valence-electron chi connectivity index (χ4n) is 2.68. The van der Waals surface area contributed by atoms with Crippen molar-refractivity contribution in [2.75, 3.05) is 5.75 Å². The molecule has 0 spiro atoms. The largest absolute Gasteiger partial charge is 0.436 e. The molecular weight excluding hydrogens is 439 g/mol. The van der Waals surface area contributed by atoms with Crippen LogP contribution in [-0.4, -0.2) is 43.5 Å². The number of imidazole rings is 1. The molecule has 0 aliphatic rings. The summed E-state index contributed by atoms with van der Waals surface area (Å²) in [6.07, 6.45) is 4.08. The minimum Gasteiger partial charge on any atom is -0.397 e. The number of nitrogens with two attached hydrogens (primary N) is 2. The molecule has 0 saturated carbocycles. The van der Waals surface area contributed by atoms with Crippen LogP contribution < -0.4 is 11.6 Å². The van der Waals surface area contributed by atoms with E-state index in [1.54, 1.807) is 24.3 Å². The molecular formula is C16H21FN6O5S2. The molecule has 11 nitrogen and oxygen atoms in total. The second kappa shape index (κ2) is 10.4. The van der Waals surface area contributed by atoms with Crippen LogP contribution in [0.1, 0.15) is 17.5 Å². The Balaban J connectivity index is 2.07. The molecule has 0 amide bonds. The number of halogens is 1. The van der Waals surface area contributed by atoms with Crippen molar-refractivity contribution in [1.29, 1.82) is 0 Å². The Labute approximate surface area is 176 Å². The summed E-state index contributed by atoms with van der Waals surface area (Å²) in [5.74, 6) is 5.44. The Morgan fingerprint density at radius 2 is 2.10 bits per heavy atom. The molecule has 14 heteroatoms. The van der Waals surface area contributed by atoms with Gasteiger partial charge in [0.1, 0.15) is 12.4 Å². The summed E-state index contributed by atoms with van der Waals surface area (Å²) in [7, 11) is -4.31. The van der Waals surface area contributed by atoms with E-state index < -0.39 is 20.3 Å². The lowest BCUT2D eigenvalue weighted by Crippen LogP contribution is -2.29. The molecule has 2 rings (SSSR count). The fourth-order valence-corrected chi connectivity index (χ4v) is 4.02. The number of nitro groups is 1. The van der Waals surface area contributed by atoms with Crippen LogP contribution in [0, 0.1) is 10.1 Å². The second-order valence-corrected chi connectivity index (χ2v) is 8.66. The van der Waals surface area contributed by atoms with Crippen molar-refractivity contribution in [1.82, 2.24) is 14.6 Å². The van der Waals surface area contributed by atoms with Crippen LogP contribution in [0.4, 0.5) is 9.83 Å². The highest BCUT2D eigenvalue weighted by atomic mass is 32.2. The summed E-state index contributed by atoms with van der Waals surface area (Å²) < 4.78 is 45.7. The summed E-state index contributed by atoms with van der Waals surface area (Å²) in [6.45, 7) is -0.0578. The average Bonchev–Trinajstić information content (AvgIpc) is 3.12. The van der Waals surface area contributed by atoms with Crippen molar-refractivity contribution in [3.8, 4) is 0 Å². The van der Waals surface area contributed by atoms with Gasteiger partial charge in [0.05, 0.1) is 10.9 Å². The van der Waals surface area contributed by atoms with E-state index in [1.165, 1.54) is 23.2 Å². The van der Waals surface area contributed by atoms with E-state index in [9.17, 15) is 27.0 Å². The van der Waals surface area contributed by atoms with Gasteiger partial charge in [-0.2, -0.15) is 12.3 Å². The van der Waals surface area contributed by atoms with Crippen LogP contribution in [0.3, 0.4) is 0 Å². The van der Waals surface area contributed by atoms with E-state index in [0.717, 1.165) is 5.01 Å². The highest BCUT2D eigenvalue weighted by Gasteiger charge is 2.23. The van der Waals surface area contributed by atoms with Crippen LogP contribution in [0.15, 0.2) is 42.9 Å². The van der Waals surface area contributed by atoms with Gasteiger partial charge in [0.2, 0.25) is 0 Å². The Hall–Kier alpha value is -2.68. The number of hydrogen-bond acceptors (Lipinski definition) is 9. The predicted octanol–water partition coefficient (Wildman–Crippen LogP) is 1.69. The Bertz CT molecular complexity index is 996. The first-order valence-corrected chi connectivity index (χ1v) is 10.9. The lowest BCUT2D eigenvalue weighted by Gasteiger charge is -2.15. The van der Waals surface area contributed by atoms with E-state index in [4.69, 9.17) is 11.6 Å². The maximum absolute atomic E-state index is 12.3. The smallest absolute Gasteiger partial charge is 0.397 e. The summed E-state index contributed by atoms with van der Waals surface area (Å²) in [5.41, 5.74) is 7.48. The first kappa shape index (κ1) is 23.6. The Morgan fingerprint density at radius 1 is 1.43 bits per heavy atom. The Morgan fingerprint density at radius 3 is 2.67 bits per heavy atom. The molecule has 0 aliphatic carbocycles. The van der Waals surface area contributed by atoms with E-state index in [1.807, 2.05) is 0 Å². The van der Waals surface area contributed by atoms with Crippen LogP contribution in [-0.2, 0) is 23.2 Å². The molecule has 2 aromatic rings. The second-order valence-electron chi connectivity index (χ2n) is 6.33. The van der Waals surface area contributed by atoms with Gasteiger partial charge < -0.3 is 15.8 Å². The zero-order valence-corrected chi connectivity index (χ0v) is 17.3. The number of aromatic nitrogens is 2. The van der Waals surface area contributed by atoms with Crippen molar-refractivity contribution < 1.29 is 21.8 Å². The third-order valence-corrected chi connectivity index (χ3v) is 5.80. The first-order valence-electron chi connectivity index (χ1n) is 8.55. The minimum absolute atomic E-state index is 0.0131. The standard InChI is InChI=1S/C16H21FN6O5S2/c17-29-8-5-14(30(26,27)28)9-12-1-3-13(4-2-12)15(18)10-22(19)11-21-7-6-20-16(21)23(24)25/h1-4,6-7,10,14H,5,8-9,11,18-19H2,(H,26,27,28)/b15-10-. The summed E-state index contributed by atoms with van der Waals surface area (Å²) in [6, 6.07) is 6.55. The number of hydrazine groups is 1. The number of nitrogens with zero attached hydrogens (tertiary/aromatic N) is 4. The number of rotatable bonds is 11. The topological polar surface area (TPSA) is 171 Å². The predicted molar refractivity (Wildman–Crippen MR) is 111 cm³/mol. The zero-order chi connectivity index (χ0) is 22.3. The van der Waals surface area contributed by atoms with E-state index in [-0.39, 0.29) is 49.1 Å². The summed E-state index contributed by atoms with van der Waals surface area (Å²) >= 11 is 0.0131. The molecule has 1 aromatic heterocycles. The van der Waals surface area contributed by atoms with Crippen LogP contribution in [0.5, 0.6) is 0 Å². The molecule has 0 radical (unpaired) electrons. The maximum Gasteiger partial charge on any atom is 0.436 e. The summed E-state index contributed by atoms with van der Waals surface area (Å²) in [5, 5.41) is 10.9. The molecule has 5 N–H and O–H groups in total. The molecule has 0 aliphatic heterocycles. The average molecular weight is 461 g/mol. The zero-order valence-electron chi connectivity index (χ0n) is 15.7. The van der Waals surface area contributed by atoms with E-state index in [0.29, 0.717) is 11.1 Å². The van der Waals surface area contributed by atoms with Gasteiger partial charge in [-0.05, 0) is 28.9 Å². The van der Waals surface area contributed by atoms with Crippen LogP contribution in [0.2, 0.25) is 0 Å². The highest BCUT2D eigenvalue weighted by molar-refractivity contribution is 7.94. The quantitative estimate of drug-likeness (QED) is 0.194.